The molecule has 10 nitrogen and oxygen atoms in total. The fourth-order valence-electron chi connectivity index (χ4n) is 1.93. The fraction of sp³-hybridized carbons (Fsp3) is 0.438. The summed E-state index contributed by atoms with van der Waals surface area (Å²) in [5.74, 6) is -2.14. The van der Waals surface area contributed by atoms with Crippen LogP contribution in [-0.4, -0.2) is 42.8 Å². The number of amides is 3. The molecule has 0 fully saturated rings. The number of anilines is 1. The first-order valence-electron chi connectivity index (χ1n) is 7.84. The van der Waals surface area contributed by atoms with Crippen LogP contribution in [-0.2, 0) is 14.4 Å². The van der Waals surface area contributed by atoms with Crippen LogP contribution in [0, 0.1) is 23.0 Å². The van der Waals surface area contributed by atoms with Gasteiger partial charge in [-0.15, -0.1) is 0 Å². The number of nitro groups is 1. The van der Waals surface area contributed by atoms with Crippen LogP contribution < -0.4 is 20.7 Å². The molecule has 1 aromatic rings. The first-order chi connectivity index (χ1) is 12.1. The second-order valence-corrected chi connectivity index (χ2v) is 5.93. The Kier molecular flexibility index (Phi) is 7.51. The van der Waals surface area contributed by atoms with E-state index in [1.165, 1.54) is 19.2 Å². The number of hydrogen-bond donors (Lipinski definition) is 3. The molecule has 142 valence electrons. The van der Waals surface area contributed by atoms with Crippen molar-refractivity contribution in [1.82, 2.24) is 10.6 Å². The van der Waals surface area contributed by atoms with E-state index in [4.69, 9.17) is 4.74 Å². The van der Waals surface area contributed by atoms with Gasteiger partial charge in [0.1, 0.15) is 0 Å². The fourth-order valence-corrected chi connectivity index (χ4v) is 1.93. The van der Waals surface area contributed by atoms with Gasteiger partial charge in [-0.05, 0) is 18.4 Å². The Morgan fingerprint density at radius 2 is 1.81 bits per heavy atom. The predicted octanol–water partition coefficient (Wildman–Crippen LogP) is 0.739. The van der Waals surface area contributed by atoms with Gasteiger partial charge in [0.25, 0.3) is 0 Å². The number of methoxy groups -OCH3 is 1. The molecule has 0 heterocycles. The lowest BCUT2D eigenvalue weighted by molar-refractivity contribution is -0.385. The average Bonchev–Trinajstić information content (AvgIpc) is 2.58. The van der Waals surface area contributed by atoms with E-state index in [0.29, 0.717) is 17.8 Å². The molecule has 1 aromatic carbocycles. The average molecular weight is 366 g/mol. The highest BCUT2D eigenvalue weighted by atomic mass is 16.6. The van der Waals surface area contributed by atoms with Gasteiger partial charge in [-0.25, -0.2) is 0 Å². The van der Waals surface area contributed by atoms with Crippen LogP contribution >= 0.6 is 0 Å². The van der Waals surface area contributed by atoms with E-state index in [1.54, 1.807) is 6.92 Å². The van der Waals surface area contributed by atoms with E-state index >= 15 is 0 Å². The number of carbonyl (C=O) groups is 3. The van der Waals surface area contributed by atoms with E-state index in [9.17, 15) is 24.5 Å². The molecule has 26 heavy (non-hydrogen) atoms. The zero-order chi connectivity index (χ0) is 19.9. The van der Waals surface area contributed by atoms with Gasteiger partial charge in [-0.3, -0.25) is 24.5 Å². The van der Waals surface area contributed by atoms with E-state index < -0.39 is 29.2 Å². The van der Waals surface area contributed by atoms with Gasteiger partial charge in [0, 0.05) is 24.4 Å². The SMILES string of the molecule is COc1cc(NC(=O)CNC(=O)C(=O)NCC(C)C)c(C)cc1[N+](=O)[O-]. The van der Waals surface area contributed by atoms with Gasteiger partial charge in [0.05, 0.1) is 18.6 Å². The summed E-state index contributed by atoms with van der Waals surface area (Å²) in [6, 6.07) is 2.59. The molecule has 0 unspecified atom stereocenters. The van der Waals surface area contributed by atoms with E-state index in [0.717, 1.165) is 0 Å². The Morgan fingerprint density at radius 1 is 1.19 bits per heavy atom. The van der Waals surface area contributed by atoms with Crippen LogP contribution in [0.3, 0.4) is 0 Å². The quantitative estimate of drug-likeness (QED) is 0.369. The standard InChI is InChI=1S/C16H22N4O6/c1-9(2)7-17-15(22)16(23)18-8-14(21)19-11-6-13(26-4)12(20(24)25)5-10(11)3/h5-6,9H,7-8H2,1-4H3,(H,17,22)(H,18,23)(H,19,21). The second kappa shape index (κ2) is 9.35. The molecule has 10 heteroatoms. The largest absolute Gasteiger partial charge is 0.490 e. The second-order valence-electron chi connectivity index (χ2n) is 5.93. The van der Waals surface area contributed by atoms with E-state index in [2.05, 4.69) is 16.0 Å². The normalized spacial score (nSPS) is 10.2. The van der Waals surface area contributed by atoms with Gasteiger partial charge in [0.2, 0.25) is 5.91 Å². The van der Waals surface area contributed by atoms with Crippen molar-refractivity contribution in [1.29, 1.82) is 0 Å². The summed E-state index contributed by atoms with van der Waals surface area (Å²) in [7, 11) is 1.28. The lowest BCUT2D eigenvalue weighted by Gasteiger charge is -2.11. The maximum Gasteiger partial charge on any atom is 0.311 e. The Labute approximate surface area is 150 Å². The third-order valence-corrected chi connectivity index (χ3v) is 3.28. The molecule has 0 aromatic heterocycles. The van der Waals surface area contributed by atoms with Gasteiger partial charge >= 0.3 is 17.5 Å². The van der Waals surface area contributed by atoms with Crippen molar-refractivity contribution in [2.75, 3.05) is 25.5 Å². The Bertz CT molecular complexity index is 717. The predicted molar refractivity (Wildman–Crippen MR) is 93.9 cm³/mol. The van der Waals surface area contributed by atoms with Gasteiger partial charge in [-0.1, -0.05) is 13.8 Å². The Hall–Kier alpha value is -3.17. The molecule has 3 N–H and O–H groups in total. The number of nitrogens with zero attached hydrogens (tertiary/aromatic N) is 1. The number of carbonyl (C=O) groups excluding carboxylic acids is 3. The third-order valence-electron chi connectivity index (χ3n) is 3.28. The van der Waals surface area contributed by atoms with Gasteiger partial charge < -0.3 is 20.7 Å². The number of ether oxygens (including phenoxy) is 1. The highest BCUT2D eigenvalue weighted by molar-refractivity contribution is 6.35. The van der Waals surface area contributed by atoms with Gasteiger partial charge in [-0.2, -0.15) is 0 Å². The summed E-state index contributed by atoms with van der Waals surface area (Å²) in [4.78, 5) is 45.4. The van der Waals surface area contributed by atoms with E-state index in [1.807, 2.05) is 13.8 Å². The molecule has 0 aliphatic carbocycles. The molecule has 0 saturated carbocycles. The highest BCUT2D eigenvalue weighted by Crippen LogP contribution is 2.32. The maximum atomic E-state index is 11.9. The molecule has 0 bridgehead atoms. The number of rotatable bonds is 7. The first kappa shape index (κ1) is 20.9. The molecule has 3 amide bonds. The molecular formula is C16H22N4O6. The Morgan fingerprint density at radius 3 is 2.35 bits per heavy atom. The van der Waals surface area contributed by atoms with Crippen LogP contribution in [0.5, 0.6) is 5.75 Å². The van der Waals surface area contributed by atoms with Crippen LogP contribution in [0.2, 0.25) is 0 Å². The molecule has 0 saturated heterocycles. The van der Waals surface area contributed by atoms with Crippen molar-refractivity contribution in [3.05, 3.63) is 27.8 Å². The number of aryl methyl sites for hydroxylation is 1. The molecular weight excluding hydrogens is 344 g/mol. The summed E-state index contributed by atoms with van der Waals surface area (Å²) in [5, 5.41) is 18.1. The summed E-state index contributed by atoms with van der Waals surface area (Å²) < 4.78 is 4.94. The summed E-state index contributed by atoms with van der Waals surface area (Å²) >= 11 is 0. The molecule has 0 aliphatic rings. The topological polar surface area (TPSA) is 140 Å². The third kappa shape index (κ3) is 6.04. The summed E-state index contributed by atoms with van der Waals surface area (Å²) in [6.07, 6.45) is 0. The minimum absolute atomic E-state index is 0.00648. The zero-order valence-electron chi connectivity index (χ0n) is 15.0. The van der Waals surface area contributed by atoms with Crippen molar-refractivity contribution in [2.24, 2.45) is 5.92 Å². The minimum atomic E-state index is -0.918. The van der Waals surface area contributed by atoms with Crippen molar-refractivity contribution in [3.63, 3.8) is 0 Å². The van der Waals surface area contributed by atoms with Crippen LogP contribution in [0.4, 0.5) is 11.4 Å². The van der Waals surface area contributed by atoms with Crippen LogP contribution in [0.15, 0.2) is 12.1 Å². The number of benzene rings is 1. The van der Waals surface area contributed by atoms with Crippen LogP contribution in [0.25, 0.3) is 0 Å². The van der Waals surface area contributed by atoms with Crippen molar-refractivity contribution < 1.29 is 24.0 Å². The monoisotopic (exact) mass is 366 g/mol. The van der Waals surface area contributed by atoms with E-state index in [-0.39, 0.29) is 17.4 Å². The number of hydrogen-bond acceptors (Lipinski definition) is 6. The van der Waals surface area contributed by atoms with Crippen LogP contribution in [0.1, 0.15) is 19.4 Å². The smallest absolute Gasteiger partial charge is 0.311 e. The molecule has 0 spiro atoms. The summed E-state index contributed by atoms with van der Waals surface area (Å²) in [6.45, 7) is 5.27. The number of nitro benzene ring substituents is 1. The zero-order valence-corrected chi connectivity index (χ0v) is 15.0. The van der Waals surface area contributed by atoms with Gasteiger partial charge in [0.15, 0.2) is 5.75 Å². The van der Waals surface area contributed by atoms with Crippen molar-refractivity contribution in [2.45, 2.75) is 20.8 Å². The first-order valence-corrected chi connectivity index (χ1v) is 7.84. The number of nitrogens with one attached hydrogen (secondary N) is 3. The lowest BCUT2D eigenvalue weighted by atomic mass is 10.1. The lowest BCUT2D eigenvalue weighted by Crippen LogP contribution is -2.43. The van der Waals surface area contributed by atoms with Crippen molar-refractivity contribution >= 4 is 29.1 Å². The molecule has 1 rings (SSSR count). The highest BCUT2D eigenvalue weighted by Gasteiger charge is 2.19. The molecule has 0 radical (unpaired) electrons. The maximum absolute atomic E-state index is 11.9. The Balaban J connectivity index is 2.67. The minimum Gasteiger partial charge on any atom is -0.490 e. The van der Waals surface area contributed by atoms with Crippen molar-refractivity contribution in [3.8, 4) is 5.75 Å². The molecule has 0 atom stereocenters. The molecule has 0 aliphatic heterocycles. The summed E-state index contributed by atoms with van der Waals surface area (Å²) in [5.41, 5.74) is 0.529.